The second kappa shape index (κ2) is 37.7. The number of methoxy groups -OCH3 is 2. The molecule has 3 unspecified atom stereocenters. The number of amides is 5. The third-order valence-corrected chi connectivity index (χ3v) is 26.6. The number of Topliss-reactive ketones (excluding diaryl/α,β-unsaturated/α-hetero) is 2. The number of piperidine rings is 1. The van der Waals surface area contributed by atoms with Crippen molar-refractivity contribution >= 4 is 110 Å². The molecule has 1 spiro atoms. The van der Waals surface area contributed by atoms with Crippen LogP contribution in [-0.4, -0.2) is 260 Å². The van der Waals surface area contributed by atoms with Crippen LogP contribution in [0.4, 0.5) is 10.5 Å². The van der Waals surface area contributed by atoms with Gasteiger partial charge in [-0.2, -0.15) is 0 Å². The zero-order chi connectivity index (χ0) is 83.5. The van der Waals surface area contributed by atoms with E-state index in [9.17, 15) is 88.5 Å². The van der Waals surface area contributed by atoms with Crippen molar-refractivity contribution < 1.29 is 117 Å². The van der Waals surface area contributed by atoms with Gasteiger partial charge in [0.15, 0.2) is 11.4 Å². The number of anilines is 1. The van der Waals surface area contributed by atoms with Gasteiger partial charge in [0.05, 0.1) is 44.2 Å². The van der Waals surface area contributed by atoms with E-state index in [1.165, 1.54) is 7.11 Å². The summed E-state index contributed by atoms with van der Waals surface area (Å²) in [5.41, 5.74) is -1.01. The van der Waals surface area contributed by atoms with Gasteiger partial charge in [-0.1, -0.05) is 102 Å². The topological polar surface area (TPSA) is 481 Å². The lowest BCUT2D eigenvalue weighted by molar-refractivity contribution is -0.203. The number of fused-ring (bicyclic) bond motifs is 5. The quantitative estimate of drug-likeness (QED) is 0.0167. The van der Waals surface area contributed by atoms with E-state index in [4.69, 9.17) is 19.3 Å². The van der Waals surface area contributed by atoms with Crippen LogP contribution in [0.3, 0.4) is 0 Å². The average molecular weight is 1640 g/mol. The lowest BCUT2D eigenvalue weighted by Gasteiger charge is -2.63. The number of aliphatic hydroxyl groups is 3. The van der Waals surface area contributed by atoms with Crippen LogP contribution in [0.25, 0.3) is 5.57 Å². The fourth-order valence-electron chi connectivity index (χ4n) is 19.0. The number of aliphatic carboxylic acids is 5. The van der Waals surface area contributed by atoms with Gasteiger partial charge in [-0.3, -0.25) is 57.7 Å². The fraction of sp³-hybridized carbons (Fsp3) is 0.568. The van der Waals surface area contributed by atoms with Crippen molar-refractivity contribution in [2.45, 2.75) is 181 Å². The number of hydrogen-bond acceptors (Lipinski definition) is 24. The zero-order valence-corrected chi connectivity index (χ0v) is 66.7. The number of nitrogens with zero attached hydrogens (tertiary/aromatic N) is 3. The molecule has 5 aliphatic heterocycles. The first-order chi connectivity index (χ1) is 54.7. The highest BCUT2D eigenvalue weighted by atomic mass is 33.1. The van der Waals surface area contributed by atoms with Gasteiger partial charge < -0.3 is 86.5 Å². The normalized spacial score (nSPS) is 26.1. The van der Waals surface area contributed by atoms with Crippen molar-refractivity contribution in [2.75, 3.05) is 90.1 Å². The minimum Gasteiger partial charge on any atom is -0.496 e. The minimum absolute atomic E-state index is 0.0552. The predicted octanol–water partition coefficient (Wildman–Crippen LogP) is 3.80. The SMILES string of the molecule is CCC1(O)CC2CN(CCC3=C(Cc4ccccc43)[C@@](C(=O)OC)(c3cc4c(cc3OC)N(C)[C@H]3[C@@](O)(C(=O)NCC(=O)OCCSSC[C@H](NC(=O)[C@@H](CC(=O)[C@H](CC(=O)O)NC(=O)CC[C@H](CC(=O)CC[C@H](NC(=O)NCCCC(=O)O)C(=O)O)C(=O)O)Cc5ccccc5)C(=O)O)[C@H](O)[C@]5(CC)C=CCN6CC[C@]43[C@@H]65)C2)C1. The summed E-state index contributed by atoms with van der Waals surface area (Å²) in [6.45, 7) is 5.60. The molecule has 13 N–H and O–H groups in total. The van der Waals surface area contributed by atoms with Crippen molar-refractivity contribution in [3.05, 3.63) is 112 Å². The molecule has 5 amide bonds. The van der Waals surface area contributed by atoms with Gasteiger partial charge in [0.25, 0.3) is 5.91 Å². The molecule has 34 heteroatoms. The Kier molecular flexibility index (Phi) is 28.8. The first-order valence-corrected chi connectivity index (χ1v) is 41.4. The maximum absolute atomic E-state index is 15.7. The van der Waals surface area contributed by atoms with E-state index < -0.39 is 204 Å². The molecular formula is C81H104N8O24S2. The maximum atomic E-state index is 15.7. The average Bonchev–Trinajstić information content (AvgIpc) is 1.49. The zero-order valence-electron chi connectivity index (χ0n) is 65.1. The van der Waals surface area contributed by atoms with Crippen LogP contribution in [0, 0.1) is 23.2 Å². The molecule has 624 valence electrons. The lowest BCUT2D eigenvalue weighted by atomic mass is 9.47. The molecule has 10 rings (SSSR count). The molecule has 15 atom stereocenters. The van der Waals surface area contributed by atoms with E-state index in [0.29, 0.717) is 87.4 Å². The van der Waals surface area contributed by atoms with Crippen LogP contribution >= 0.6 is 21.6 Å². The highest BCUT2D eigenvalue weighted by Gasteiger charge is 2.79. The smallest absolute Gasteiger partial charge is 0.327 e. The molecule has 3 fully saturated rings. The van der Waals surface area contributed by atoms with Gasteiger partial charge in [0, 0.05) is 123 Å². The Morgan fingerprint density at radius 2 is 1.45 bits per heavy atom. The standard InChI is InChI=1S/C81H104N8O24S2/c1-6-77(109)40-47-41-80(75(107)112-5,54-35-48-17-11-12-18-52(48)53(54)24-29-88(43-47)45-77)56-37-55-60(39-62(56)111-4)87(3)72-79(55)26-30-89-28-14-25-78(7-2,71(79)89)73(105)81(72,110)74(106)83-42-66(97)113-31-32-114-115-44-59(70(103)104)85-67(98)50(33-46-15-9-8-10-16-46)36-61(91)58(38-65(95)96)84-63(92)23-20-49(68(99)100)34-51(90)21-22-57(69(101)102)86-76(108)82-27-13-19-64(93)94/h8-12,14-18,25,37,39,47,49-50,57-59,71-73,105,109-110H,6-7,13,19-24,26-36,38,40-45H2,1-5H3,(H,83,106)(H,84,92)(H,85,98)(H,93,94)(H,95,96)(H,99,100)(H,101,102)(H,103,104)(H2,82,86,108)/t47?,49-,50-,57+,58+,59+,71+,72-,73-,77?,78-,79-,80-,81+/m1/s1. The number of ether oxygens (including phenoxy) is 3. The number of carbonyl (C=O) groups excluding carboxylic acids is 8. The number of benzene rings is 3. The molecule has 7 aliphatic rings. The number of urea groups is 1. The maximum Gasteiger partial charge on any atom is 0.327 e. The minimum atomic E-state index is -2.63. The second-order valence-corrected chi connectivity index (χ2v) is 33.8. The van der Waals surface area contributed by atoms with Gasteiger partial charge in [-0.15, -0.1) is 0 Å². The number of ketones is 2. The summed E-state index contributed by atoms with van der Waals surface area (Å²) in [7, 11) is 6.75. The number of esters is 2. The van der Waals surface area contributed by atoms with Crippen LogP contribution in [-0.2, 0) is 90.7 Å². The second-order valence-electron chi connectivity index (χ2n) is 31.2. The monoisotopic (exact) mass is 1640 g/mol. The number of nitrogens with one attached hydrogen (secondary N) is 5. The lowest BCUT2D eigenvalue weighted by Crippen LogP contribution is -2.81. The van der Waals surface area contributed by atoms with Crippen LogP contribution in [0.1, 0.15) is 138 Å². The Hall–Kier alpha value is -9.45. The molecule has 1 saturated carbocycles. The van der Waals surface area contributed by atoms with E-state index >= 15 is 9.59 Å². The first kappa shape index (κ1) is 87.9. The van der Waals surface area contributed by atoms with Gasteiger partial charge in [-0.25, -0.2) is 14.4 Å². The molecule has 2 bridgehead atoms. The van der Waals surface area contributed by atoms with E-state index in [1.54, 1.807) is 44.5 Å². The number of carboxylic acid groups (broad SMARTS) is 5. The van der Waals surface area contributed by atoms with E-state index in [-0.39, 0.29) is 62.7 Å². The number of hydrogen-bond donors (Lipinski definition) is 13. The number of rotatable bonds is 40. The summed E-state index contributed by atoms with van der Waals surface area (Å²) >= 11 is 0. The summed E-state index contributed by atoms with van der Waals surface area (Å²) in [5, 5.41) is 99.3. The van der Waals surface area contributed by atoms with Gasteiger partial charge >= 0.3 is 47.8 Å². The fourth-order valence-corrected chi connectivity index (χ4v) is 21.0. The van der Waals surface area contributed by atoms with Crippen LogP contribution < -0.4 is 36.2 Å². The van der Waals surface area contributed by atoms with Crippen LogP contribution in [0.5, 0.6) is 5.75 Å². The molecule has 32 nitrogen and oxygen atoms in total. The van der Waals surface area contributed by atoms with Crippen molar-refractivity contribution in [1.29, 1.82) is 0 Å². The predicted molar refractivity (Wildman–Crippen MR) is 419 cm³/mol. The van der Waals surface area contributed by atoms with Crippen molar-refractivity contribution in [3.8, 4) is 5.75 Å². The van der Waals surface area contributed by atoms with E-state index in [0.717, 1.165) is 49.4 Å². The van der Waals surface area contributed by atoms with Gasteiger partial charge in [0.1, 0.15) is 48.3 Å². The molecule has 0 radical (unpaired) electrons. The van der Waals surface area contributed by atoms with Gasteiger partial charge in [-0.05, 0) is 123 Å². The molecular weight excluding hydrogens is 1530 g/mol. The molecule has 3 aromatic rings. The summed E-state index contributed by atoms with van der Waals surface area (Å²) < 4.78 is 18.0. The Balaban J connectivity index is 0.775. The Morgan fingerprint density at radius 1 is 0.722 bits per heavy atom. The summed E-state index contributed by atoms with van der Waals surface area (Å²) in [4.78, 5) is 177. The first-order valence-electron chi connectivity index (χ1n) is 38.9. The van der Waals surface area contributed by atoms with Gasteiger partial charge in [0.2, 0.25) is 11.8 Å². The Bertz CT molecular complexity index is 4280. The molecule has 2 aliphatic carbocycles. The third kappa shape index (κ3) is 18.8. The Labute approximate surface area is 673 Å². The number of carboxylic acids is 5. The summed E-state index contributed by atoms with van der Waals surface area (Å²) in [5.74, 6) is -16.1. The number of carbonyl (C=O) groups is 13. The molecule has 115 heavy (non-hydrogen) atoms. The van der Waals surface area contributed by atoms with Crippen LogP contribution in [0.2, 0.25) is 0 Å². The van der Waals surface area contributed by atoms with Crippen molar-refractivity contribution in [1.82, 2.24) is 36.4 Å². The largest absolute Gasteiger partial charge is 0.496 e. The Morgan fingerprint density at radius 3 is 2.13 bits per heavy atom. The molecule has 2 saturated heterocycles. The van der Waals surface area contributed by atoms with E-state index in [1.807, 2.05) is 55.2 Å². The van der Waals surface area contributed by atoms with Crippen molar-refractivity contribution in [3.63, 3.8) is 0 Å². The highest BCUT2D eigenvalue weighted by Crippen LogP contribution is 2.68. The van der Waals surface area contributed by atoms with Crippen molar-refractivity contribution in [2.24, 2.45) is 23.2 Å². The summed E-state index contributed by atoms with van der Waals surface area (Å²) in [6.07, 6.45) is 0.231. The third-order valence-electron chi connectivity index (χ3n) is 24.3. The highest BCUT2D eigenvalue weighted by molar-refractivity contribution is 8.76. The molecule has 0 aromatic heterocycles. The number of aliphatic hydroxyl groups excluding tert-OH is 1. The van der Waals surface area contributed by atoms with Crippen LogP contribution in [0.15, 0.2) is 84.5 Å². The molecule has 5 heterocycles. The number of likely N-dealkylation sites (N-methyl/N-ethyl adjacent to an activating group) is 1. The molecule has 3 aromatic carbocycles. The summed E-state index contributed by atoms with van der Waals surface area (Å²) in [6, 6.07) is 12.8. The van der Waals surface area contributed by atoms with E-state index in [2.05, 4.69) is 48.5 Å².